The zero-order chi connectivity index (χ0) is 44.1. The molecule has 4 N–H and O–H groups in total. The maximum Gasteiger partial charge on any atom is 0.306 e. The normalized spacial score (nSPS) is 20.4. The van der Waals surface area contributed by atoms with Crippen LogP contribution in [0.25, 0.3) is 0 Å². The molecule has 1 fully saturated rings. The second kappa shape index (κ2) is 36.5. The molecule has 0 aliphatic carbocycles. The lowest BCUT2D eigenvalue weighted by Gasteiger charge is -2.40. The van der Waals surface area contributed by atoms with Gasteiger partial charge in [0.15, 0.2) is 12.4 Å². The number of aliphatic hydroxyl groups excluding tert-OH is 3. The van der Waals surface area contributed by atoms with E-state index in [2.05, 4.69) is 80.3 Å². The molecular formula is C47H76O12S. The van der Waals surface area contributed by atoms with Gasteiger partial charge in [-0.25, -0.2) is 0 Å². The van der Waals surface area contributed by atoms with Crippen molar-refractivity contribution in [1.82, 2.24) is 0 Å². The van der Waals surface area contributed by atoms with Crippen LogP contribution in [0.5, 0.6) is 0 Å². The molecule has 0 bridgehead atoms. The van der Waals surface area contributed by atoms with Gasteiger partial charge in [0.25, 0.3) is 10.1 Å². The number of ether oxygens (including phenoxy) is 4. The van der Waals surface area contributed by atoms with Gasteiger partial charge in [0.1, 0.15) is 36.8 Å². The van der Waals surface area contributed by atoms with Crippen LogP contribution in [0.15, 0.2) is 78.6 Å². The Morgan fingerprint density at radius 1 is 0.633 bits per heavy atom. The van der Waals surface area contributed by atoms with Crippen LogP contribution in [0.3, 0.4) is 0 Å². The van der Waals surface area contributed by atoms with E-state index in [0.29, 0.717) is 19.3 Å². The predicted molar refractivity (Wildman–Crippen MR) is 237 cm³/mol. The summed E-state index contributed by atoms with van der Waals surface area (Å²) in [6, 6.07) is 0. The van der Waals surface area contributed by atoms with Gasteiger partial charge < -0.3 is 34.3 Å². The Hall–Kier alpha value is -3.13. The van der Waals surface area contributed by atoms with Crippen molar-refractivity contribution >= 4 is 22.1 Å². The minimum absolute atomic E-state index is 0.127. The Morgan fingerprint density at radius 2 is 1.17 bits per heavy atom. The third-order valence-corrected chi connectivity index (χ3v) is 10.3. The highest BCUT2D eigenvalue weighted by Gasteiger charge is 2.46. The maximum atomic E-state index is 12.8. The first-order chi connectivity index (χ1) is 29.0. The second-order valence-corrected chi connectivity index (χ2v) is 16.6. The van der Waals surface area contributed by atoms with E-state index in [1.807, 2.05) is 12.2 Å². The van der Waals surface area contributed by atoms with E-state index in [4.69, 9.17) is 18.9 Å². The molecule has 1 rings (SSSR count). The number of allylic oxidation sites excluding steroid dienone is 11. The summed E-state index contributed by atoms with van der Waals surface area (Å²) in [5, 5.41) is 30.9. The fraction of sp³-hybridized carbons (Fsp3) is 0.681. The van der Waals surface area contributed by atoms with Crippen LogP contribution in [0.1, 0.15) is 149 Å². The fourth-order valence-electron chi connectivity index (χ4n) is 6.10. The van der Waals surface area contributed by atoms with E-state index in [1.165, 1.54) is 32.1 Å². The number of hydrogen-bond donors (Lipinski definition) is 4. The van der Waals surface area contributed by atoms with Gasteiger partial charge in [-0.15, -0.1) is 5.73 Å². The van der Waals surface area contributed by atoms with Crippen molar-refractivity contribution in [3.05, 3.63) is 78.6 Å². The number of esters is 2. The molecule has 0 saturated carbocycles. The molecule has 1 aliphatic heterocycles. The Morgan fingerprint density at radius 3 is 1.75 bits per heavy atom. The monoisotopic (exact) mass is 865 g/mol. The van der Waals surface area contributed by atoms with Crippen LogP contribution in [0, 0.1) is 0 Å². The summed E-state index contributed by atoms with van der Waals surface area (Å²) >= 11 is 0. The summed E-state index contributed by atoms with van der Waals surface area (Å²) in [6.45, 7) is 3.54. The molecule has 1 saturated heterocycles. The first kappa shape index (κ1) is 54.9. The van der Waals surface area contributed by atoms with Crippen molar-refractivity contribution in [2.24, 2.45) is 0 Å². The van der Waals surface area contributed by atoms with Gasteiger partial charge in [-0.3, -0.25) is 14.1 Å². The molecule has 12 nitrogen and oxygen atoms in total. The summed E-state index contributed by atoms with van der Waals surface area (Å²) in [5.41, 5.74) is 3.27. The summed E-state index contributed by atoms with van der Waals surface area (Å²) < 4.78 is 53.9. The van der Waals surface area contributed by atoms with Crippen molar-refractivity contribution in [2.45, 2.75) is 185 Å². The molecule has 1 heterocycles. The quantitative estimate of drug-likeness (QED) is 0.0156. The lowest BCUT2D eigenvalue weighted by molar-refractivity contribution is -0.297. The van der Waals surface area contributed by atoms with Crippen LogP contribution < -0.4 is 0 Å². The largest absolute Gasteiger partial charge is 0.462 e. The number of carbonyl (C=O) groups excluding carboxylic acids is 2. The van der Waals surface area contributed by atoms with E-state index in [0.717, 1.165) is 70.6 Å². The molecule has 0 amide bonds. The van der Waals surface area contributed by atoms with Gasteiger partial charge in [0.2, 0.25) is 0 Å². The molecule has 0 spiro atoms. The van der Waals surface area contributed by atoms with E-state index >= 15 is 0 Å². The molecule has 342 valence electrons. The molecular weight excluding hydrogens is 789 g/mol. The molecule has 0 aromatic heterocycles. The van der Waals surface area contributed by atoms with E-state index in [-0.39, 0.29) is 19.4 Å². The summed E-state index contributed by atoms with van der Waals surface area (Å²) in [4.78, 5) is 25.4. The number of carbonyl (C=O) groups is 2. The molecule has 0 aromatic rings. The first-order valence-electron chi connectivity index (χ1n) is 22.2. The Bertz CT molecular complexity index is 1440. The lowest BCUT2D eigenvalue weighted by Crippen LogP contribution is -2.60. The van der Waals surface area contributed by atoms with Gasteiger partial charge in [-0.2, -0.15) is 8.42 Å². The van der Waals surface area contributed by atoms with Crippen molar-refractivity contribution in [3.63, 3.8) is 0 Å². The van der Waals surface area contributed by atoms with Crippen LogP contribution in [0.4, 0.5) is 0 Å². The van der Waals surface area contributed by atoms with Gasteiger partial charge in [-0.05, 0) is 89.2 Å². The van der Waals surface area contributed by atoms with E-state index in [1.54, 1.807) is 0 Å². The van der Waals surface area contributed by atoms with Gasteiger partial charge >= 0.3 is 11.9 Å². The van der Waals surface area contributed by atoms with Crippen molar-refractivity contribution in [2.75, 3.05) is 19.0 Å². The average molecular weight is 865 g/mol. The minimum atomic E-state index is -4.61. The lowest BCUT2D eigenvalue weighted by atomic mass is 10.00. The Labute approximate surface area is 360 Å². The van der Waals surface area contributed by atoms with Crippen molar-refractivity contribution in [3.8, 4) is 0 Å². The van der Waals surface area contributed by atoms with Crippen LogP contribution >= 0.6 is 0 Å². The number of unbranched alkanes of at least 4 members (excludes halogenated alkanes) is 11. The highest BCUT2D eigenvalue weighted by atomic mass is 32.2. The third kappa shape index (κ3) is 30.8. The van der Waals surface area contributed by atoms with Gasteiger partial charge in [-0.1, -0.05) is 120 Å². The molecule has 60 heavy (non-hydrogen) atoms. The summed E-state index contributed by atoms with van der Waals surface area (Å²) in [6.07, 6.45) is 34.5. The Kier molecular flexibility index (Phi) is 33.4. The van der Waals surface area contributed by atoms with E-state index < -0.39 is 71.2 Å². The zero-order valence-corrected chi connectivity index (χ0v) is 37.1. The van der Waals surface area contributed by atoms with Crippen molar-refractivity contribution < 1.29 is 56.8 Å². The molecule has 1 aliphatic rings. The minimum Gasteiger partial charge on any atom is -0.462 e. The fourth-order valence-corrected chi connectivity index (χ4v) is 6.79. The van der Waals surface area contributed by atoms with Crippen LogP contribution in [0.2, 0.25) is 0 Å². The zero-order valence-electron chi connectivity index (χ0n) is 36.3. The maximum absolute atomic E-state index is 12.8. The summed E-state index contributed by atoms with van der Waals surface area (Å²) in [7, 11) is -4.61. The summed E-state index contributed by atoms with van der Waals surface area (Å²) in [5.74, 6) is -2.09. The van der Waals surface area contributed by atoms with E-state index in [9.17, 15) is 37.9 Å². The number of hydrogen-bond acceptors (Lipinski definition) is 11. The smallest absolute Gasteiger partial charge is 0.306 e. The van der Waals surface area contributed by atoms with Gasteiger partial charge in [0.05, 0.1) is 6.61 Å². The van der Waals surface area contributed by atoms with Crippen molar-refractivity contribution in [1.29, 1.82) is 0 Å². The highest BCUT2D eigenvalue weighted by Crippen LogP contribution is 2.24. The SMILES string of the molecule is CC/C=C/C/C=C/C/C=C/C/C=C/C/C=C/CCCC(=O)OC[C@H](CO[C@H]1O[C@H](CS(=O)(=O)O)[C@@H](O)C(O)C1O)OC(=O)CCCCCCCC=C=CCCCCCCC. The molecule has 13 heteroatoms. The molecule has 0 radical (unpaired) electrons. The number of aliphatic hydroxyl groups is 3. The first-order valence-corrected chi connectivity index (χ1v) is 23.8. The molecule has 2 unspecified atom stereocenters. The second-order valence-electron chi connectivity index (χ2n) is 15.1. The molecule has 6 atom stereocenters. The average Bonchev–Trinajstić information content (AvgIpc) is 3.21. The standard InChI is InChI=1S/C47H76O12S/c1-3-5-7-9-11-13-15-17-19-20-22-23-25-27-29-31-33-35-42(48)56-37-40(38-57-47-46(52)45(51)44(50)41(59-47)39-60(53,54)55)58-43(49)36-34-32-30-28-26-24-21-18-16-14-12-10-8-6-4-2/h5,7,11,13,16-17,19,21-23,27,29,40-41,44-47,50-52H,3-4,6,8-10,12,14-15,20,24-26,28,30-39H2,1-2H3,(H,53,54,55)/b7-5+,13-11+,19-17+,23-22+,29-27+/t18?,40-,41-,44-,45?,46?,47+/m1/s1. The van der Waals surface area contributed by atoms with Gasteiger partial charge in [0, 0.05) is 12.8 Å². The highest BCUT2D eigenvalue weighted by molar-refractivity contribution is 7.85. The topological polar surface area (TPSA) is 186 Å². The Balaban J connectivity index is 2.53. The molecule has 0 aromatic carbocycles. The van der Waals surface area contributed by atoms with Crippen LogP contribution in [-0.2, 0) is 38.7 Å². The van der Waals surface area contributed by atoms with Crippen LogP contribution in [-0.4, -0.2) is 96.0 Å². The third-order valence-electron chi connectivity index (χ3n) is 9.54. The number of rotatable bonds is 35. The predicted octanol–water partition coefficient (Wildman–Crippen LogP) is 8.88.